The average molecular weight is 290 g/mol. The van der Waals surface area contributed by atoms with Crippen LogP contribution in [0.25, 0.3) is 0 Å². The lowest BCUT2D eigenvalue weighted by Crippen LogP contribution is -2.34. The molecule has 0 fully saturated rings. The molecule has 0 aliphatic heterocycles. The molecule has 0 radical (unpaired) electrons. The predicted molar refractivity (Wildman–Crippen MR) is 93.7 cm³/mol. The molecule has 0 aliphatic carbocycles. The zero-order valence-corrected chi connectivity index (χ0v) is 14.9. The van der Waals surface area contributed by atoms with Gasteiger partial charge in [-0.05, 0) is 43.5 Å². The lowest BCUT2D eigenvalue weighted by molar-refractivity contribution is 0.211. The van der Waals surface area contributed by atoms with Crippen molar-refractivity contribution in [1.29, 1.82) is 0 Å². The first-order chi connectivity index (χ1) is 9.86. The van der Waals surface area contributed by atoms with E-state index in [2.05, 4.69) is 75.9 Å². The Labute approximate surface area is 132 Å². The van der Waals surface area contributed by atoms with Gasteiger partial charge in [0.2, 0.25) is 0 Å². The highest BCUT2D eigenvalue weighted by molar-refractivity contribution is 5.23. The van der Waals surface area contributed by atoms with Crippen molar-refractivity contribution >= 4 is 0 Å². The second-order valence-electron chi connectivity index (χ2n) is 7.35. The summed E-state index contributed by atoms with van der Waals surface area (Å²) in [6.07, 6.45) is 1.18. The summed E-state index contributed by atoms with van der Waals surface area (Å²) in [4.78, 5) is 4.85. The summed E-state index contributed by atoms with van der Waals surface area (Å²) in [6, 6.07) is 9.14. The van der Waals surface area contributed by atoms with Crippen molar-refractivity contribution in [2.75, 3.05) is 33.7 Å². The van der Waals surface area contributed by atoms with E-state index >= 15 is 0 Å². The smallest absolute Gasteiger partial charge is 0.0234 e. The van der Waals surface area contributed by atoms with Gasteiger partial charge < -0.3 is 4.90 Å². The summed E-state index contributed by atoms with van der Waals surface area (Å²) in [5.41, 5.74) is 2.92. The van der Waals surface area contributed by atoms with E-state index in [9.17, 15) is 0 Å². The van der Waals surface area contributed by atoms with Gasteiger partial charge in [0.1, 0.15) is 0 Å². The van der Waals surface area contributed by atoms with Crippen LogP contribution in [0.3, 0.4) is 0 Å². The van der Waals surface area contributed by atoms with E-state index in [4.69, 9.17) is 0 Å². The molecule has 0 bridgehead atoms. The van der Waals surface area contributed by atoms with E-state index in [-0.39, 0.29) is 0 Å². The molecule has 0 aliphatic rings. The molecule has 1 rings (SSSR count). The zero-order chi connectivity index (χ0) is 15.8. The van der Waals surface area contributed by atoms with Crippen LogP contribution in [-0.4, -0.2) is 43.5 Å². The minimum Gasteiger partial charge on any atom is -0.308 e. The van der Waals surface area contributed by atoms with Gasteiger partial charge in [-0.25, -0.2) is 0 Å². The third kappa shape index (κ3) is 8.23. The number of likely N-dealkylation sites (N-methyl/N-ethyl adjacent to an activating group) is 1. The number of rotatable bonds is 9. The predicted octanol–water partition coefficient (Wildman–Crippen LogP) is 3.90. The summed E-state index contributed by atoms with van der Waals surface area (Å²) in [5, 5.41) is 0. The standard InChI is InChI=1S/C19H34N2/c1-16(2)12-18-8-7-9-19(13-18)15-21(14-17(3)4)11-10-20(5)6/h7-9,13,16-17H,10-12,14-15H2,1-6H3. The largest absolute Gasteiger partial charge is 0.308 e. The van der Waals surface area contributed by atoms with Gasteiger partial charge in [0, 0.05) is 26.2 Å². The Kier molecular flexibility index (Phi) is 7.98. The minimum atomic E-state index is 0.714. The Bertz CT molecular complexity index is 396. The molecular weight excluding hydrogens is 256 g/mol. The van der Waals surface area contributed by atoms with Crippen LogP contribution < -0.4 is 0 Å². The first kappa shape index (κ1) is 18.2. The fourth-order valence-corrected chi connectivity index (χ4v) is 2.68. The van der Waals surface area contributed by atoms with Crippen LogP contribution in [0, 0.1) is 11.8 Å². The van der Waals surface area contributed by atoms with Gasteiger partial charge in [0.25, 0.3) is 0 Å². The second-order valence-corrected chi connectivity index (χ2v) is 7.35. The van der Waals surface area contributed by atoms with Crippen LogP contribution in [-0.2, 0) is 13.0 Å². The van der Waals surface area contributed by atoms with Crippen LogP contribution in [0.5, 0.6) is 0 Å². The number of benzene rings is 1. The highest BCUT2D eigenvalue weighted by atomic mass is 15.2. The van der Waals surface area contributed by atoms with Gasteiger partial charge in [-0.2, -0.15) is 0 Å². The summed E-state index contributed by atoms with van der Waals surface area (Å²) in [7, 11) is 4.30. The minimum absolute atomic E-state index is 0.714. The summed E-state index contributed by atoms with van der Waals surface area (Å²) >= 11 is 0. The molecule has 0 atom stereocenters. The van der Waals surface area contributed by atoms with Gasteiger partial charge >= 0.3 is 0 Å². The highest BCUT2D eigenvalue weighted by Gasteiger charge is 2.09. The molecule has 2 heteroatoms. The summed E-state index contributed by atoms with van der Waals surface area (Å²) < 4.78 is 0. The topological polar surface area (TPSA) is 6.48 Å². The van der Waals surface area contributed by atoms with Crippen LogP contribution in [0.1, 0.15) is 38.8 Å². The van der Waals surface area contributed by atoms with E-state index in [1.165, 1.54) is 24.1 Å². The Balaban J connectivity index is 2.67. The Hall–Kier alpha value is -0.860. The molecular formula is C19H34N2. The molecule has 2 nitrogen and oxygen atoms in total. The monoisotopic (exact) mass is 290 g/mol. The van der Waals surface area contributed by atoms with Crippen molar-refractivity contribution < 1.29 is 0 Å². The maximum Gasteiger partial charge on any atom is 0.0234 e. The molecule has 0 unspecified atom stereocenters. The zero-order valence-electron chi connectivity index (χ0n) is 14.9. The van der Waals surface area contributed by atoms with Gasteiger partial charge in [-0.3, -0.25) is 4.90 Å². The van der Waals surface area contributed by atoms with Crippen molar-refractivity contribution in [3.63, 3.8) is 0 Å². The maximum atomic E-state index is 2.58. The lowest BCUT2D eigenvalue weighted by Gasteiger charge is -2.26. The SMILES string of the molecule is CC(C)Cc1cccc(CN(CCN(C)C)CC(C)C)c1. The van der Waals surface area contributed by atoms with E-state index < -0.39 is 0 Å². The quantitative estimate of drug-likeness (QED) is 0.680. The van der Waals surface area contributed by atoms with Crippen LogP contribution >= 0.6 is 0 Å². The molecule has 0 heterocycles. The maximum absolute atomic E-state index is 2.58. The Morgan fingerprint density at radius 2 is 1.57 bits per heavy atom. The van der Waals surface area contributed by atoms with Crippen LogP contribution in [0.2, 0.25) is 0 Å². The molecule has 0 N–H and O–H groups in total. The molecule has 0 saturated carbocycles. The van der Waals surface area contributed by atoms with E-state index in [0.717, 1.165) is 25.6 Å². The number of nitrogens with zero attached hydrogens (tertiary/aromatic N) is 2. The fourth-order valence-electron chi connectivity index (χ4n) is 2.68. The van der Waals surface area contributed by atoms with Gasteiger partial charge in [-0.15, -0.1) is 0 Å². The molecule has 1 aromatic rings. The van der Waals surface area contributed by atoms with Crippen molar-refractivity contribution in [2.24, 2.45) is 11.8 Å². The third-order valence-electron chi connectivity index (χ3n) is 3.53. The lowest BCUT2D eigenvalue weighted by atomic mass is 10.0. The van der Waals surface area contributed by atoms with Crippen molar-refractivity contribution in [3.05, 3.63) is 35.4 Å². The Morgan fingerprint density at radius 1 is 0.905 bits per heavy atom. The molecule has 0 saturated heterocycles. The van der Waals surface area contributed by atoms with E-state index in [0.29, 0.717) is 5.92 Å². The molecule has 0 aromatic heterocycles. The molecule has 1 aromatic carbocycles. The van der Waals surface area contributed by atoms with Gasteiger partial charge in [0.05, 0.1) is 0 Å². The molecule has 0 amide bonds. The third-order valence-corrected chi connectivity index (χ3v) is 3.53. The average Bonchev–Trinajstić information content (AvgIpc) is 2.35. The van der Waals surface area contributed by atoms with E-state index in [1.807, 2.05) is 0 Å². The molecule has 120 valence electrons. The molecule has 21 heavy (non-hydrogen) atoms. The van der Waals surface area contributed by atoms with Crippen molar-refractivity contribution in [2.45, 2.75) is 40.7 Å². The first-order valence-electron chi connectivity index (χ1n) is 8.31. The highest BCUT2D eigenvalue weighted by Crippen LogP contribution is 2.13. The van der Waals surface area contributed by atoms with Gasteiger partial charge in [0.15, 0.2) is 0 Å². The van der Waals surface area contributed by atoms with Gasteiger partial charge in [-0.1, -0.05) is 52.0 Å². The first-order valence-corrected chi connectivity index (χ1v) is 8.31. The summed E-state index contributed by atoms with van der Waals surface area (Å²) in [6.45, 7) is 13.7. The number of hydrogen-bond donors (Lipinski definition) is 0. The van der Waals surface area contributed by atoms with E-state index in [1.54, 1.807) is 0 Å². The van der Waals surface area contributed by atoms with Crippen LogP contribution in [0.4, 0.5) is 0 Å². The molecule has 0 spiro atoms. The van der Waals surface area contributed by atoms with Crippen molar-refractivity contribution in [3.8, 4) is 0 Å². The number of hydrogen-bond acceptors (Lipinski definition) is 2. The fraction of sp³-hybridized carbons (Fsp3) is 0.684. The Morgan fingerprint density at radius 3 is 2.14 bits per heavy atom. The van der Waals surface area contributed by atoms with Crippen LogP contribution in [0.15, 0.2) is 24.3 Å². The summed E-state index contributed by atoms with van der Waals surface area (Å²) in [5.74, 6) is 1.44. The second kappa shape index (κ2) is 9.22. The normalized spacial score (nSPS) is 12.1. The van der Waals surface area contributed by atoms with Crippen molar-refractivity contribution in [1.82, 2.24) is 9.80 Å².